The van der Waals surface area contributed by atoms with Gasteiger partial charge >= 0.3 is 0 Å². The maximum atomic E-state index is 12.3. The molecule has 0 bridgehead atoms. The van der Waals surface area contributed by atoms with Crippen LogP contribution in [0.15, 0.2) is 66.9 Å². The number of carbonyl (C=O) groups is 1. The molecule has 1 atom stereocenters. The molecule has 0 saturated heterocycles. The highest BCUT2D eigenvalue weighted by molar-refractivity contribution is 7.15. The van der Waals surface area contributed by atoms with Crippen molar-refractivity contribution in [3.8, 4) is 22.6 Å². The van der Waals surface area contributed by atoms with Crippen molar-refractivity contribution in [1.82, 2.24) is 19.9 Å². The number of pyridine rings is 1. The molecule has 1 amide bonds. The minimum Gasteiger partial charge on any atom is -0.350 e. The number of nitrogens with one attached hydrogen (secondary N) is 1. The van der Waals surface area contributed by atoms with E-state index in [0.29, 0.717) is 18.7 Å². The van der Waals surface area contributed by atoms with Gasteiger partial charge in [0.2, 0.25) is 0 Å². The van der Waals surface area contributed by atoms with Crippen LogP contribution in [0.1, 0.15) is 10.4 Å². The molecule has 5 rings (SSSR count). The average molecular weight is 388 g/mol. The summed E-state index contributed by atoms with van der Waals surface area (Å²) >= 11 is 0. The largest absolute Gasteiger partial charge is 0.350 e. The van der Waals surface area contributed by atoms with Gasteiger partial charge in [0.1, 0.15) is 5.82 Å². The van der Waals surface area contributed by atoms with E-state index in [1.807, 2.05) is 43.1 Å². The monoisotopic (exact) mass is 388 g/mol. The fourth-order valence-electron chi connectivity index (χ4n) is 3.51. The summed E-state index contributed by atoms with van der Waals surface area (Å²) < 4.78 is 2.14. The van der Waals surface area contributed by atoms with Crippen molar-refractivity contribution in [2.75, 3.05) is 13.2 Å². The second kappa shape index (κ2) is 7.91. The molecule has 0 radical (unpaired) electrons. The zero-order chi connectivity index (χ0) is 19.5. The molecule has 3 heterocycles. The van der Waals surface area contributed by atoms with Gasteiger partial charge in [0.05, 0.1) is 22.3 Å². The third-order valence-corrected chi connectivity index (χ3v) is 4.74. The van der Waals surface area contributed by atoms with Crippen molar-refractivity contribution in [2.24, 2.45) is 0 Å². The number of hydrogen-bond acceptors (Lipinski definition) is 3. The molecule has 0 spiro atoms. The predicted molar refractivity (Wildman–Crippen MR) is 116 cm³/mol. The fraction of sp³-hybridized carbons (Fsp3) is 0.136. The van der Waals surface area contributed by atoms with Crippen LogP contribution in [-0.2, 0) is 6.54 Å². The number of amides is 1. The van der Waals surface area contributed by atoms with E-state index in [2.05, 4.69) is 48.4 Å². The Morgan fingerprint density at radius 2 is 1.75 bits per heavy atom. The van der Waals surface area contributed by atoms with Gasteiger partial charge in [0.15, 0.2) is 0 Å². The van der Waals surface area contributed by atoms with Gasteiger partial charge in [-0.15, -0.1) is 9.24 Å². The molecule has 0 saturated carbocycles. The minimum absolute atomic E-state index is 0.0358. The van der Waals surface area contributed by atoms with E-state index in [4.69, 9.17) is 4.98 Å². The summed E-state index contributed by atoms with van der Waals surface area (Å²) in [6, 6.07) is 19.8. The molecule has 28 heavy (non-hydrogen) atoms. The maximum absolute atomic E-state index is 12.3. The van der Waals surface area contributed by atoms with E-state index in [1.165, 1.54) is 0 Å². The van der Waals surface area contributed by atoms with Gasteiger partial charge in [0.25, 0.3) is 5.91 Å². The number of hydrogen-bond donors (Lipinski definition) is 1. The first-order valence-electron chi connectivity index (χ1n) is 9.18. The number of rotatable bonds is 2. The van der Waals surface area contributed by atoms with Gasteiger partial charge in [-0.2, -0.15) is 0 Å². The zero-order valence-electron chi connectivity index (χ0n) is 15.6. The number of para-hydroxylation sites is 1. The summed E-state index contributed by atoms with van der Waals surface area (Å²) in [5, 5.41) is 2.95. The maximum Gasteiger partial charge on any atom is 0.253 e. The lowest BCUT2D eigenvalue weighted by molar-refractivity contribution is 0.0956. The van der Waals surface area contributed by atoms with E-state index in [-0.39, 0.29) is 5.91 Å². The third-order valence-electron chi connectivity index (χ3n) is 4.74. The topological polar surface area (TPSA) is 59.8 Å². The fourth-order valence-corrected chi connectivity index (χ4v) is 3.51. The highest BCUT2D eigenvalue weighted by Gasteiger charge is 2.21. The van der Waals surface area contributed by atoms with Crippen LogP contribution in [0, 0.1) is 0 Å². The van der Waals surface area contributed by atoms with E-state index in [1.54, 1.807) is 6.20 Å². The standard InChI is InChI=1S/C21H16N4O.CH5P/c26-21-16-4-3-6-18-19(16)25(13-12-23-21)20(24-18)15-9-7-14(8-10-15)17-5-1-2-11-22-17;1-2/h1-11H,12-13H2,(H,23,26);2H2,1H3. The molecular formula is C22H21N4OP. The number of benzene rings is 2. The van der Waals surface area contributed by atoms with Crippen LogP contribution in [0.3, 0.4) is 0 Å². The average Bonchev–Trinajstić information content (AvgIpc) is 3.05. The van der Waals surface area contributed by atoms with Gasteiger partial charge < -0.3 is 9.88 Å². The smallest absolute Gasteiger partial charge is 0.253 e. The SMILES string of the molecule is CP.O=C1NCCn2c(-c3ccc(-c4ccccn4)cc3)nc3cccc1c32. The highest BCUT2D eigenvalue weighted by Crippen LogP contribution is 2.29. The first kappa shape index (κ1) is 18.3. The molecule has 1 aliphatic rings. The predicted octanol–water partition coefficient (Wildman–Crippen LogP) is 4.00. The Balaban J connectivity index is 0.000000932. The van der Waals surface area contributed by atoms with E-state index in [0.717, 1.165) is 33.7 Å². The van der Waals surface area contributed by atoms with Crippen molar-refractivity contribution >= 4 is 26.2 Å². The zero-order valence-corrected chi connectivity index (χ0v) is 16.7. The first-order valence-corrected chi connectivity index (χ1v) is 10.3. The molecule has 4 aromatic rings. The number of aromatic nitrogens is 3. The van der Waals surface area contributed by atoms with E-state index in [9.17, 15) is 4.79 Å². The summed E-state index contributed by atoms with van der Waals surface area (Å²) in [6.45, 7) is 3.22. The van der Waals surface area contributed by atoms with Crippen LogP contribution in [-0.4, -0.2) is 33.7 Å². The summed E-state index contributed by atoms with van der Waals surface area (Å²) in [7, 11) is 2.42. The Morgan fingerprint density at radius 3 is 2.50 bits per heavy atom. The lowest BCUT2D eigenvalue weighted by Crippen LogP contribution is -2.24. The van der Waals surface area contributed by atoms with Crippen molar-refractivity contribution in [3.63, 3.8) is 0 Å². The number of nitrogens with zero attached hydrogens (tertiary/aromatic N) is 3. The van der Waals surface area contributed by atoms with Crippen molar-refractivity contribution in [2.45, 2.75) is 6.54 Å². The summed E-state index contributed by atoms with van der Waals surface area (Å²) in [6.07, 6.45) is 1.80. The van der Waals surface area contributed by atoms with Gasteiger partial charge in [-0.1, -0.05) is 43.1 Å². The molecule has 2 aromatic heterocycles. The van der Waals surface area contributed by atoms with Crippen LogP contribution in [0.2, 0.25) is 0 Å². The van der Waals surface area contributed by atoms with Crippen molar-refractivity contribution < 1.29 is 4.79 Å². The summed E-state index contributed by atoms with van der Waals surface area (Å²) in [5.41, 5.74) is 5.49. The second-order valence-corrected chi connectivity index (χ2v) is 6.31. The van der Waals surface area contributed by atoms with Gasteiger partial charge in [-0.3, -0.25) is 9.78 Å². The summed E-state index contributed by atoms with van der Waals surface area (Å²) in [4.78, 5) is 21.5. The second-order valence-electron chi connectivity index (χ2n) is 6.31. The Morgan fingerprint density at radius 1 is 0.964 bits per heavy atom. The Bertz CT molecular complexity index is 1120. The molecule has 5 nitrogen and oxygen atoms in total. The third kappa shape index (κ3) is 3.19. The molecule has 1 aliphatic heterocycles. The quantitative estimate of drug-likeness (QED) is 0.528. The van der Waals surface area contributed by atoms with E-state index < -0.39 is 0 Å². The molecule has 1 N–H and O–H groups in total. The van der Waals surface area contributed by atoms with Gasteiger partial charge in [0, 0.05) is 30.4 Å². The number of carbonyl (C=O) groups excluding carboxylic acids is 1. The molecule has 6 heteroatoms. The van der Waals surface area contributed by atoms with Crippen LogP contribution >= 0.6 is 9.24 Å². The first-order chi connectivity index (χ1) is 13.8. The van der Waals surface area contributed by atoms with E-state index >= 15 is 0 Å². The molecule has 2 aromatic carbocycles. The number of imidazole rings is 1. The molecule has 1 unspecified atom stereocenters. The Labute approximate surface area is 166 Å². The minimum atomic E-state index is -0.0358. The van der Waals surface area contributed by atoms with Crippen molar-refractivity contribution in [3.05, 3.63) is 72.4 Å². The van der Waals surface area contributed by atoms with Crippen LogP contribution in [0.4, 0.5) is 0 Å². The lowest BCUT2D eigenvalue weighted by Gasteiger charge is -2.08. The van der Waals surface area contributed by atoms with Gasteiger partial charge in [-0.25, -0.2) is 4.98 Å². The van der Waals surface area contributed by atoms with Gasteiger partial charge in [-0.05, 0) is 24.3 Å². The Kier molecular flexibility index (Phi) is 5.18. The highest BCUT2D eigenvalue weighted by atomic mass is 31.0. The van der Waals surface area contributed by atoms with Crippen LogP contribution in [0.5, 0.6) is 0 Å². The molecule has 0 aliphatic carbocycles. The summed E-state index contributed by atoms with van der Waals surface area (Å²) in [5.74, 6) is 0.850. The molecular weight excluding hydrogens is 367 g/mol. The molecule has 140 valence electrons. The lowest BCUT2D eigenvalue weighted by atomic mass is 10.1. The van der Waals surface area contributed by atoms with Crippen molar-refractivity contribution in [1.29, 1.82) is 0 Å². The Hall–Kier alpha value is -3.04. The normalized spacial score (nSPS) is 12.7. The van der Waals surface area contributed by atoms with Crippen LogP contribution in [0.25, 0.3) is 33.7 Å². The molecule has 0 fully saturated rings. The van der Waals surface area contributed by atoms with Crippen LogP contribution < -0.4 is 5.32 Å².